The molecule has 0 amide bonds. The molecule has 0 aliphatic rings. The predicted octanol–water partition coefficient (Wildman–Crippen LogP) is 3.77. The first-order chi connectivity index (χ1) is 15.9. The van der Waals surface area contributed by atoms with Gasteiger partial charge in [-0.2, -0.15) is 9.97 Å². The lowest BCUT2D eigenvalue weighted by molar-refractivity contribution is 0.420. The van der Waals surface area contributed by atoms with Gasteiger partial charge in [-0.15, -0.1) is 0 Å². The number of nitrogens with one attached hydrogen (secondary N) is 1. The van der Waals surface area contributed by atoms with E-state index in [1.165, 1.54) is 15.2 Å². The maximum atomic E-state index is 13.0. The number of nitrogens with zero attached hydrogens (tertiary/aromatic N) is 5. The quantitative estimate of drug-likeness (QED) is 0.268. The molecule has 3 aromatic heterocycles. The van der Waals surface area contributed by atoms with Crippen LogP contribution in [0.2, 0.25) is 10.3 Å². The lowest BCUT2D eigenvalue weighted by Crippen LogP contribution is -2.40. The standard InChI is InChI=1S/C21H22Cl2N6O4/c1-2-3-9-28-17-16(25-20(23)26-17)19(31)29(21(28)32)10-5-4-6-15-24-18(33-27-15)12-7-8-14(30)13(22)11-12/h7-8,11,30H,2-6,9-10H2,1H3,(H,25,26). The molecule has 3 heterocycles. The van der Waals surface area contributed by atoms with E-state index in [1.54, 1.807) is 12.1 Å². The van der Waals surface area contributed by atoms with E-state index in [0.717, 1.165) is 12.8 Å². The van der Waals surface area contributed by atoms with Crippen molar-refractivity contribution < 1.29 is 9.63 Å². The summed E-state index contributed by atoms with van der Waals surface area (Å²) in [6, 6.07) is 4.63. The van der Waals surface area contributed by atoms with Crippen LogP contribution in [-0.2, 0) is 19.5 Å². The van der Waals surface area contributed by atoms with Crippen molar-refractivity contribution in [3.63, 3.8) is 0 Å². The van der Waals surface area contributed by atoms with Gasteiger partial charge >= 0.3 is 5.69 Å². The molecule has 2 N–H and O–H groups in total. The molecule has 12 heteroatoms. The number of aromatic amines is 1. The van der Waals surface area contributed by atoms with Crippen molar-refractivity contribution in [2.75, 3.05) is 0 Å². The number of hydrogen-bond donors (Lipinski definition) is 2. The minimum absolute atomic E-state index is 0.0280. The molecular weight excluding hydrogens is 471 g/mol. The summed E-state index contributed by atoms with van der Waals surface area (Å²) >= 11 is 11.9. The summed E-state index contributed by atoms with van der Waals surface area (Å²) in [5, 5.41) is 13.8. The third kappa shape index (κ3) is 4.81. The van der Waals surface area contributed by atoms with E-state index in [4.69, 9.17) is 27.7 Å². The van der Waals surface area contributed by atoms with Crippen molar-refractivity contribution in [1.29, 1.82) is 0 Å². The highest BCUT2D eigenvalue weighted by Crippen LogP contribution is 2.28. The van der Waals surface area contributed by atoms with Crippen molar-refractivity contribution in [2.45, 2.75) is 52.1 Å². The van der Waals surface area contributed by atoms with Crippen molar-refractivity contribution in [1.82, 2.24) is 29.2 Å². The largest absolute Gasteiger partial charge is 0.506 e. The molecule has 174 valence electrons. The number of benzene rings is 1. The van der Waals surface area contributed by atoms with Crippen LogP contribution in [0.5, 0.6) is 5.75 Å². The molecule has 0 bridgehead atoms. The van der Waals surface area contributed by atoms with Crippen LogP contribution < -0.4 is 11.2 Å². The molecule has 0 unspecified atom stereocenters. The Morgan fingerprint density at radius 2 is 1.88 bits per heavy atom. The van der Waals surface area contributed by atoms with Crippen LogP contribution >= 0.6 is 23.2 Å². The number of aryl methyl sites for hydroxylation is 2. The van der Waals surface area contributed by atoms with Crippen molar-refractivity contribution >= 4 is 34.4 Å². The van der Waals surface area contributed by atoms with Gasteiger partial charge < -0.3 is 14.6 Å². The lowest BCUT2D eigenvalue weighted by Gasteiger charge is -2.10. The number of phenolic OH excluding ortho intramolecular Hbond substituents is 1. The van der Waals surface area contributed by atoms with E-state index < -0.39 is 11.2 Å². The van der Waals surface area contributed by atoms with Gasteiger partial charge in [0, 0.05) is 25.1 Å². The van der Waals surface area contributed by atoms with Crippen LogP contribution in [-0.4, -0.2) is 34.3 Å². The zero-order chi connectivity index (χ0) is 23.5. The average molecular weight is 493 g/mol. The fraction of sp³-hybridized carbons (Fsp3) is 0.381. The predicted molar refractivity (Wildman–Crippen MR) is 124 cm³/mol. The second-order valence-electron chi connectivity index (χ2n) is 7.61. The van der Waals surface area contributed by atoms with Gasteiger partial charge in [0.2, 0.25) is 5.28 Å². The van der Waals surface area contributed by atoms with Crippen LogP contribution in [0.1, 0.15) is 38.4 Å². The first-order valence-corrected chi connectivity index (χ1v) is 11.3. The van der Waals surface area contributed by atoms with Crippen LogP contribution in [0.4, 0.5) is 0 Å². The number of rotatable bonds is 9. The molecule has 0 radical (unpaired) electrons. The van der Waals surface area contributed by atoms with Crippen LogP contribution in [0.25, 0.3) is 22.6 Å². The number of unbranched alkanes of at least 4 members (excludes halogenated alkanes) is 2. The average Bonchev–Trinajstić information content (AvgIpc) is 3.42. The molecule has 0 aliphatic carbocycles. The van der Waals surface area contributed by atoms with Gasteiger partial charge in [0.1, 0.15) is 5.75 Å². The van der Waals surface area contributed by atoms with Gasteiger partial charge in [-0.1, -0.05) is 30.1 Å². The van der Waals surface area contributed by atoms with Crippen molar-refractivity contribution in [3.05, 3.63) is 55.2 Å². The molecule has 33 heavy (non-hydrogen) atoms. The third-order valence-corrected chi connectivity index (χ3v) is 5.74. The maximum Gasteiger partial charge on any atom is 0.332 e. The Balaban J connectivity index is 1.45. The molecule has 1 aromatic carbocycles. The normalized spacial score (nSPS) is 11.5. The summed E-state index contributed by atoms with van der Waals surface area (Å²) in [5.41, 5.74) is 0.282. The topological polar surface area (TPSA) is 132 Å². The Bertz CT molecular complexity index is 1400. The fourth-order valence-electron chi connectivity index (χ4n) is 3.52. The Labute approximate surface area is 197 Å². The zero-order valence-electron chi connectivity index (χ0n) is 17.8. The zero-order valence-corrected chi connectivity index (χ0v) is 19.4. The van der Waals surface area contributed by atoms with Gasteiger partial charge in [0.15, 0.2) is 17.0 Å². The summed E-state index contributed by atoms with van der Waals surface area (Å²) in [7, 11) is 0. The second kappa shape index (κ2) is 9.80. The number of halogens is 2. The Kier molecular flexibility index (Phi) is 6.85. The van der Waals surface area contributed by atoms with Crippen LogP contribution in [0.3, 0.4) is 0 Å². The summed E-state index contributed by atoms with van der Waals surface area (Å²) in [6.45, 7) is 2.73. The van der Waals surface area contributed by atoms with Gasteiger partial charge in [0.05, 0.1) is 5.02 Å². The lowest BCUT2D eigenvalue weighted by atomic mass is 10.2. The highest BCUT2D eigenvalue weighted by Gasteiger charge is 2.17. The number of imidazole rings is 1. The van der Waals surface area contributed by atoms with E-state index in [0.29, 0.717) is 43.1 Å². The third-order valence-electron chi connectivity index (χ3n) is 5.26. The summed E-state index contributed by atoms with van der Waals surface area (Å²) in [4.78, 5) is 37.0. The van der Waals surface area contributed by atoms with Crippen LogP contribution in [0, 0.1) is 0 Å². The van der Waals surface area contributed by atoms with E-state index in [-0.39, 0.29) is 33.8 Å². The highest BCUT2D eigenvalue weighted by molar-refractivity contribution is 6.32. The smallest absolute Gasteiger partial charge is 0.332 e. The second-order valence-corrected chi connectivity index (χ2v) is 8.38. The van der Waals surface area contributed by atoms with Crippen molar-refractivity contribution in [3.8, 4) is 17.2 Å². The molecular formula is C21H22Cl2N6O4. The molecule has 0 saturated carbocycles. The van der Waals surface area contributed by atoms with E-state index >= 15 is 0 Å². The number of aromatic nitrogens is 6. The minimum Gasteiger partial charge on any atom is -0.506 e. The number of fused-ring (bicyclic) bond motifs is 1. The van der Waals surface area contributed by atoms with Gasteiger partial charge in [-0.3, -0.25) is 13.9 Å². The molecule has 0 saturated heterocycles. The Morgan fingerprint density at radius 1 is 1.09 bits per heavy atom. The fourth-order valence-corrected chi connectivity index (χ4v) is 3.87. The molecule has 10 nitrogen and oxygen atoms in total. The number of aromatic hydroxyl groups is 1. The highest BCUT2D eigenvalue weighted by atomic mass is 35.5. The number of phenols is 1. The van der Waals surface area contributed by atoms with E-state index in [9.17, 15) is 14.7 Å². The first-order valence-electron chi connectivity index (χ1n) is 10.6. The van der Waals surface area contributed by atoms with Crippen LogP contribution in [0.15, 0.2) is 32.3 Å². The maximum absolute atomic E-state index is 13.0. The SMILES string of the molecule is CCCCn1c(=O)n(CCCCc2noc(-c3ccc(O)c(Cl)c3)n2)c(=O)c2[nH]c(Cl)nc21. The molecule has 0 fully saturated rings. The number of hydrogen-bond acceptors (Lipinski definition) is 7. The molecule has 0 spiro atoms. The Morgan fingerprint density at radius 3 is 2.64 bits per heavy atom. The monoisotopic (exact) mass is 492 g/mol. The Hall–Kier alpha value is -3.11. The molecule has 0 aliphatic heterocycles. The molecule has 0 atom stereocenters. The van der Waals surface area contributed by atoms with Gasteiger partial charge in [-0.05, 0) is 49.1 Å². The number of H-pyrrole nitrogens is 1. The van der Waals surface area contributed by atoms with Crippen molar-refractivity contribution in [2.24, 2.45) is 0 Å². The summed E-state index contributed by atoms with van der Waals surface area (Å²) in [5.74, 6) is 0.765. The molecule has 4 aromatic rings. The molecule has 4 rings (SSSR count). The van der Waals surface area contributed by atoms with E-state index in [1.807, 2.05) is 6.92 Å². The minimum atomic E-state index is -0.437. The summed E-state index contributed by atoms with van der Waals surface area (Å²) < 4.78 is 7.98. The van der Waals surface area contributed by atoms with Gasteiger partial charge in [-0.25, -0.2) is 4.79 Å². The van der Waals surface area contributed by atoms with E-state index in [2.05, 4.69) is 20.1 Å². The summed E-state index contributed by atoms with van der Waals surface area (Å²) in [6.07, 6.45) is 3.38. The first kappa shape index (κ1) is 23.1. The van der Waals surface area contributed by atoms with Gasteiger partial charge in [0.25, 0.3) is 11.4 Å².